The molecule has 0 unspecified atom stereocenters. The van der Waals surface area contributed by atoms with Crippen molar-refractivity contribution in [3.05, 3.63) is 47.3 Å². The van der Waals surface area contributed by atoms with E-state index in [0.29, 0.717) is 23.8 Å². The van der Waals surface area contributed by atoms with Gasteiger partial charge in [-0.3, -0.25) is 4.79 Å². The summed E-state index contributed by atoms with van der Waals surface area (Å²) in [6, 6.07) is 9.39. The number of ether oxygens (including phenoxy) is 1. The highest BCUT2D eigenvalue weighted by molar-refractivity contribution is 5.94. The number of likely N-dealkylation sites (tertiary alicyclic amines) is 1. The molecule has 1 aliphatic heterocycles. The quantitative estimate of drug-likeness (QED) is 0.583. The van der Waals surface area contributed by atoms with Crippen LogP contribution in [0.2, 0.25) is 0 Å². The predicted molar refractivity (Wildman–Crippen MR) is 122 cm³/mol. The van der Waals surface area contributed by atoms with Crippen molar-refractivity contribution in [3.63, 3.8) is 0 Å². The van der Waals surface area contributed by atoms with Crippen LogP contribution in [0.15, 0.2) is 30.3 Å². The molecule has 1 aromatic heterocycles. The lowest BCUT2D eigenvalue weighted by atomic mass is 10.1. The van der Waals surface area contributed by atoms with Gasteiger partial charge in [-0.25, -0.2) is 9.48 Å². The van der Waals surface area contributed by atoms with Crippen LogP contribution in [0, 0.1) is 5.92 Å². The van der Waals surface area contributed by atoms with Gasteiger partial charge in [0.1, 0.15) is 0 Å². The molecule has 1 aromatic carbocycles. The molecule has 0 N–H and O–H groups in total. The Morgan fingerprint density at radius 1 is 1.03 bits per heavy atom. The lowest BCUT2D eigenvalue weighted by Gasteiger charge is -2.25. The molecule has 3 rings (SSSR count). The highest BCUT2D eigenvalue weighted by Gasteiger charge is 2.19. The van der Waals surface area contributed by atoms with E-state index in [2.05, 4.69) is 18.9 Å². The van der Waals surface area contributed by atoms with E-state index in [1.807, 2.05) is 35.2 Å². The summed E-state index contributed by atoms with van der Waals surface area (Å²) in [7, 11) is 0. The van der Waals surface area contributed by atoms with Crippen molar-refractivity contribution in [3.8, 4) is 5.69 Å². The van der Waals surface area contributed by atoms with Gasteiger partial charge in [0, 0.05) is 24.3 Å². The predicted octanol–water partition coefficient (Wildman–Crippen LogP) is 5.04. The van der Waals surface area contributed by atoms with Gasteiger partial charge >= 0.3 is 5.97 Å². The number of benzene rings is 1. The summed E-state index contributed by atoms with van der Waals surface area (Å²) < 4.78 is 6.93. The molecule has 1 saturated heterocycles. The third kappa shape index (κ3) is 6.18. The second-order valence-electron chi connectivity index (χ2n) is 8.69. The molecular weight excluding hydrogens is 390 g/mol. The van der Waals surface area contributed by atoms with Crippen LogP contribution in [0.4, 0.5) is 0 Å². The Morgan fingerprint density at radius 2 is 1.68 bits per heavy atom. The fraction of sp³-hybridized carbons (Fsp3) is 0.560. The monoisotopic (exact) mass is 425 g/mol. The van der Waals surface area contributed by atoms with Crippen LogP contribution in [-0.4, -0.2) is 46.3 Å². The van der Waals surface area contributed by atoms with Gasteiger partial charge in [-0.2, -0.15) is 5.10 Å². The van der Waals surface area contributed by atoms with Crippen LogP contribution in [0.1, 0.15) is 85.8 Å². The van der Waals surface area contributed by atoms with Crippen molar-refractivity contribution in [2.45, 2.75) is 65.7 Å². The molecule has 2 heterocycles. The van der Waals surface area contributed by atoms with Gasteiger partial charge in [0.25, 0.3) is 5.91 Å². The maximum Gasteiger partial charge on any atom is 0.358 e. The zero-order valence-corrected chi connectivity index (χ0v) is 19.1. The lowest BCUT2D eigenvalue weighted by molar-refractivity contribution is 0.0518. The van der Waals surface area contributed by atoms with E-state index in [4.69, 9.17) is 4.74 Å². The van der Waals surface area contributed by atoms with Crippen molar-refractivity contribution < 1.29 is 14.3 Å². The van der Waals surface area contributed by atoms with Gasteiger partial charge < -0.3 is 9.64 Å². The number of hydrogen-bond acceptors (Lipinski definition) is 4. The second kappa shape index (κ2) is 11.1. The summed E-state index contributed by atoms with van der Waals surface area (Å²) in [6.45, 7) is 8.14. The van der Waals surface area contributed by atoms with Gasteiger partial charge in [-0.05, 0) is 68.9 Å². The van der Waals surface area contributed by atoms with E-state index in [1.165, 1.54) is 19.3 Å². The average Bonchev–Trinajstić information content (AvgIpc) is 3.16. The SMILES string of the molecule is CCOC(=O)c1cc(CCC(C)C)n(-c2ccc(C(=O)N3CCCCCCC3)cc2)n1. The Labute approximate surface area is 185 Å². The number of amides is 1. The first-order valence-electron chi connectivity index (χ1n) is 11.7. The van der Waals surface area contributed by atoms with Gasteiger partial charge in [0.15, 0.2) is 5.69 Å². The highest BCUT2D eigenvalue weighted by Crippen LogP contribution is 2.19. The largest absolute Gasteiger partial charge is 0.461 e. The smallest absolute Gasteiger partial charge is 0.358 e. The van der Waals surface area contributed by atoms with Crippen molar-refractivity contribution in [1.29, 1.82) is 0 Å². The third-order valence-electron chi connectivity index (χ3n) is 5.75. The Morgan fingerprint density at radius 3 is 2.29 bits per heavy atom. The summed E-state index contributed by atoms with van der Waals surface area (Å²) >= 11 is 0. The number of esters is 1. The molecule has 1 amide bonds. The summed E-state index contributed by atoms with van der Waals surface area (Å²) in [4.78, 5) is 27.1. The van der Waals surface area contributed by atoms with E-state index in [1.54, 1.807) is 11.6 Å². The molecule has 6 heteroatoms. The Kier molecular flexibility index (Phi) is 8.27. The van der Waals surface area contributed by atoms with Crippen molar-refractivity contribution in [1.82, 2.24) is 14.7 Å². The summed E-state index contributed by atoms with van der Waals surface area (Å²) in [5, 5.41) is 4.51. The summed E-state index contributed by atoms with van der Waals surface area (Å²) in [5.74, 6) is 0.240. The fourth-order valence-electron chi connectivity index (χ4n) is 3.94. The standard InChI is InChI=1S/C25H35N3O3/c1-4-31-25(30)23-18-22(13-10-19(2)3)28(26-23)21-14-11-20(12-15-21)24(29)27-16-8-6-5-7-9-17-27/h11-12,14-15,18-19H,4-10,13,16-17H2,1-3H3. The molecule has 0 aliphatic carbocycles. The van der Waals surface area contributed by atoms with Crippen molar-refractivity contribution in [2.24, 2.45) is 5.92 Å². The molecule has 1 aliphatic rings. The Hall–Kier alpha value is -2.63. The number of carbonyl (C=O) groups is 2. The van der Waals surface area contributed by atoms with Gasteiger partial charge in [-0.1, -0.05) is 33.1 Å². The second-order valence-corrected chi connectivity index (χ2v) is 8.69. The van der Waals surface area contributed by atoms with E-state index in [9.17, 15) is 9.59 Å². The molecule has 2 aromatic rings. The van der Waals surface area contributed by atoms with Crippen LogP contribution in [-0.2, 0) is 11.2 Å². The topological polar surface area (TPSA) is 64.4 Å². The molecule has 0 saturated carbocycles. The maximum atomic E-state index is 13.0. The fourth-order valence-corrected chi connectivity index (χ4v) is 3.94. The molecule has 6 nitrogen and oxygen atoms in total. The van der Waals surface area contributed by atoms with Gasteiger partial charge in [0.05, 0.1) is 12.3 Å². The van der Waals surface area contributed by atoms with Gasteiger partial charge in [-0.15, -0.1) is 0 Å². The number of aromatic nitrogens is 2. The highest BCUT2D eigenvalue weighted by atomic mass is 16.5. The molecular formula is C25H35N3O3. The van der Waals surface area contributed by atoms with Gasteiger partial charge in [0.2, 0.25) is 0 Å². The minimum atomic E-state index is -0.407. The van der Waals surface area contributed by atoms with E-state index in [0.717, 1.165) is 50.2 Å². The maximum absolute atomic E-state index is 13.0. The zero-order chi connectivity index (χ0) is 22.2. The molecule has 0 bridgehead atoms. The van der Waals surface area contributed by atoms with Crippen LogP contribution >= 0.6 is 0 Å². The number of aryl methyl sites for hydroxylation is 1. The lowest BCUT2D eigenvalue weighted by Crippen LogP contribution is -2.33. The third-order valence-corrected chi connectivity index (χ3v) is 5.75. The molecule has 168 valence electrons. The Bertz CT molecular complexity index is 863. The number of carbonyl (C=O) groups excluding carboxylic acids is 2. The van der Waals surface area contributed by atoms with E-state index >= 15 is 0 Å². The van der Waals surface area contributed by atoms with Crippen LogP contribution in [0.25, 0.3) is 5.69 Å². The van der Waals surface area contributed by atoms with Crippen molar-refractivity contribution >= 4 is 11.9 Å². The summed E-state index contributed by atoms with van der Waals surface area (Å²) in [6.07, 6.45) is 7.64. The Balaban J connectivity index is 1.81. The van der Waals surface area contributed by atoms with Crippen LogP contribution in [0.3, 0.4) is 0 Å². The minimum Gasteiger partial charge on any atom is -0.461 e. The first-order chi connectivity index (χ1) is 15.0. The number of rotatable bonds is 7. The van der Waals surface area contributed by atoms with E-state index < -0.39 is 5.97 Å². The first kappa shape index (κ1) is 23.0. The molecule has 0 spiro atoms. The molecule has 0 radical (unpaired) electrons. The first-order valence-corrected chi connectivity index (χ1v) is 11.7. The normalized spacial score (nSPS) is 14.9. The van der Waals surface area contributed by atoms with Crippen LogP contribution < -0.4 is 0 Å². The molecule has 0 atom stereocenters. The van der Waals surface area contributed by atoms with E-state index in [-0.39, 0.29) is 5.91 Å². The average molecular weight is 426 g/mol. The molecule has 1 fully saturated rings. The molecule has 31 heavy (non-hydrogen) atoms. The summed E-state index contributed by atoms with van der Waals surface area (Å²) in [5.41, 5.74) is 2.84. The number of hydrogen-bond donors (Lipinski definition) is 0. The van der Waals surface area contributed by atoms with Crippen molar-refractivity contribution in [2.75, 3.05) is 19.7 Å². The van der Waals surface area contributed by atoms with Crippen LogP contribution in [0.5, 0.6) is 0 Å². The number of nitrogens with zero attached hydrogens (tertiary/aromatic N) is 3. The zero-order valence-electron chi connectivity index (χ0n) is 19.1. The minimum absolute atomic E-state index is 0.0983.